The van der Waals surface area contributed by atoms with Crippen LogP contribution in [0, 0.1) is 0 Å². The SMILES string of the molecule is CCCO[Si](CCCc1cccc(CCl)c1)(OCCC)OCCC. The smallest absolute Gasteiger partial charge is 0.373 e. The Kier molecular flexibility index (Phi) is 11.6. The second kappa shape index (κ2) is 12.9. The van der Waals surface area contributed by atoms with Gasteiger partial charge in [-0.05, 0) is 43.2 Å². The minimum absolute atomic E-state index is 0.561. The molecule has 0 bridgehead atoms. The van der Waals surface area contributed by atoms with Gasteiger partial charge < -0.3 is 13.3 Å². The number of halogens is 1. The van der Waals surface area contributed by atoms with Crippen LogP contribution in [0.15, 0.2) is 24.3 Å². The highest BCUT2D eigenvalue weighted by molar-refractivity contribution is 6.60. The van der Waals surface area contributed by atoms with Crippen molar-refractivity contribution in [3.8, 4) is 0 Å². The lowest BCUT2D eigenvalue weighted by atomic mass is 10.1. The third kappa shape index (κ3) is 8.12. The highest BCUT2D eigenvalue weighted by Gasteiger charge is 2.40. The maximum Gasteiger partial charge on any atom is 0.500 e. The molecule has 0 aliphatic rings. The molecule has 0 fully saturated rings. The summed E-state index contributed by atoms with van der Waals surface area (Å²) >= 11 is 5.92. The van der Waals surface area contributed by atoms with Crippen LogP contribution in [-0.4, -0.2) is 28.6 Å². The van der Waals surface area contributed by atoms with Crippen molar-refractivity contribution in [2.45, 2.75) is 64.8 Å². The van der Waals surface area contributed by atoms with Crippen molar-refractivity contribution in [1.29, 1.82) is 0 Å². The molecular weight excluding hydrogens is 340 g/mol. The summed E-state index contributed by atoms with van der Waals surface area (Å²) in [7, 11) is -2.56. The molecule has 0 aromatic heterocycles. The summed E-state index contributed by atoms with van der Waals surface area (Å²) in [6, 6.07) is 9.36. The molecule has 0 N–H and O–H groups in total. The van der Waals surface area contributed by atoms with Crippen LogP contribution in [0.25, 0.3) is 0 Å². The maximum atomic E-state index is 6.14. The van der Waals surface area contributed by atoms with Crippen molar-refractivity contribution in [3.05, 3.63) is 35.4 Å². The number of hydrogen-bond acceptors (Lipinski definition) is 3. The van der Waals surface area contributed by atoms with E-state index < -0.39 is 8.80 Å². The molecule has 0 radical (unpaired) electrons. The molecule has 0 spiro atoms. The van der Waals surface area contributed by atoms with Crippen molar-refractivity contribution in [2.75, 3.05) is 19.8 Å². The third-order valence-electron chi connectivity index (χ3n) is 3.67. The van der Waals surface area contributed by atoms with Crippen LogP contribution in [-0.2, 0) is 25.6 Å². The van der Waals surface area contributed by atoms with Crippen molar-refractivity contribution in [3.63, 3.8) is 0 Å². The largest absolute Gasteiger partial charge is 0.500 e. The van der Waals surface area contributed by atoms with Gasteiger partial charge in [-0.25, -0.2) is 0 Å². The Morgan fingerprint density at radius 2 is 1.42 bits per heavy atom. The summed E-state index contributed by atoms with van der Waals surface area (Å²) in [5, 5.41) is 0. The molecule has 0 aliphatic heterocycles. The van der Waals surface area contributed by atoms with E-state index in [1.165, 1.54) is 11.1 Å². The van der Waals surface area contributed by atoms with Gasteiger partial charge >= 0.3 is 8.80 Å². The highest BCUT2D eigenvalue weighted by atomic mass is 35.5. The second-order valence-electron chi connectivity index (χ2n) is 6.04. The van der Waals surface area contributed by atoms with Crippen LogP contribution in [0.3, 0.4) is 0 Å². The van der Waals surface area contributed by atoms with Crippen LogP contribution >= 0.6 is 11.6 Å². The van der Waals surface area contributed by atoms with Gasteiger partial charge in [-0.2, -0.15) is 0 Å². The summed E-state index contributed by atoms with van der Waals surface area (Å²) in [5.41, 5.74) is 2.49. The zero-order valence-corrected chi connectivity index (χ0v) is 17.2. The monoisotopic (exact) mass is 372 g/mol. The van der Waals surface area contributed by atoms with Crippen molar-refractivity contribution in [1.82, 2.24) is 0 Å². The lowest BCUT2D eigenvalue weighted by Crippen LogP contribution is -2.46. The lowest BCUT2D eigenvalue weighted by Gasteiger charge is -2.29. The first-order valence-corrected chi connectivity index (χ1v) is 11.7. The molecule has 0 saturated heterocycles. The molecule has 138 valence electrons. The Morgan fingerprint density at radius 3 is 1.92 bits per heavy atom. The van der Waals surface area contributed by atoms with E-state index in [9.17, 15) is 0 Å². The average molecular weight is 373 g/mol. The van der Waals surface area contributed by atoms with E-state index in [0.717, 1.165) is 38.1 Å². The molecule has 1 aromatic carbocycles. The van der Waals surface area contributed by atoms with Crippen molar-refractivity contribution in [2.24, 2.45) is 0 Å². The van der Waals surface area contributed by atoms with Gasteiger partial charge in [0.05, 0.1) is 0 Å². The number of benzene rings is 1. The molecule has 24 heavy (non-hydrogen) atoms. The number of hydrogen-bond donors (Lipinski definition) is 0. The van der Waals surface area contributed by atoms with Crippen LogP contribution in [0.4, 0.5) is 0 Å². The molecule has 0 unspecified atom stereocenters. The topological polar surface area (TPSA) is 27.7 Å². The average Bonchev–Trinajstić information content (AvgIpc) is 2.62. The summed E-state index contributed by atoms with van der Waals surface area (Å²) in [6.07, 6.45) is 4.96. The Hall–Kier alpha value is -0.393. The Morgan fingerprint density at radius 1 is 0.875 bits per heavy atom. The van der Waals surface area contributed by atoms with E-state index in [0.29, 0.717) is 25.7 Å². The van der Waals surface area contributed by atoms with Gasteiger partial charge in [-0.1, -0.05) is 45.0 Å². The summed E-state index contributed by atoms with van der Waals surface area (Å²) < 4.78 is 18.4. The van der Waals surface area contributed by atoms with E-state index in [1.807, 2.05) is 0 Å². The molecule has 1 aromatic rings. The van der Waals surface area contributed by atoms with Gasteiger partial charge in [-0.3, -0.25) is 0 Å². The number of alkyl halides is 1. The summed E-state index contributed by atoms with van der Waals surface area (Å²) in [5.74, 6) is 0.561. The summed E-state index contributed by atoms with van der Waals surface area (Å²) in [6.45, 7) is 8.49. The molecule has 0 amide bonds. The van der Waals surface area contributed by atoms with Gasteiger partial charge in [0, 0.05) is 31.7 Å². The molecule has 0 saturated carbocycles. The number of aryl methyl sites for hydroxylation is 1. The van der Waals surface area contributed by atoms with Gasteiger partial charge in [0.2, 0.25) is 0 Å². The van der Waals surface area contributed by atoms with E-state index >= 15 is 0 Å². The van der Waals surface area contributed by atoms with Gasteiger partial charge in [0.25, 0.3) is 0 Å². The normalized spacial score (nSPS) is 11.8. The van der Waals surface area contributed by atoms with E-state index in [2.05, 4.69) is 45.0 Å². The molecular formula is C19H33ClO3Si. The Balaban J connectivity index is 2.66. The van der Waals surface area contributed by atoms with Crippen LogP contribution in [0.2, 0.25) is 6.04 Å². The molecule has 0 atom stereocenters. The fraction of sp³-hybridized carbons (Fsp3) is 0.684. The predicted octanol–water partition coefficient (Wildman–Crippen LogP) is 5.58. The molecule has 3 nitrogen and oxygen atoms in total. The zero-order chi connectivity index (χ0) is 17.7. The summed E-state index contributed by atoms with van der Waals surface area (Å²) in [4.78, 5) is 0. The van der Waals surface area contributed by atoms with E-state index in [4.69, 9.17) is 24.9 Å². The zero-order valence-electron chi connectivity index (χ0n) is 15.5. The minimum Gasteiger partial charge on any atom is -0.373 e. The molecule has 0 aliphatic carbocycles. The van der Waals surface area contributed by atoms with E-state index in [-0.39, 0.29) is 0 Å². The molecule has 0 heterocycles. The fourth-order valence-corrected chi connectivity index (χ4v) is 5.50. The first-order valence-electron chi connectivity index (χ1n) is 9.25. The maximum absolute atomic E-state index is 6.14. The first kappa shape index (κ1) is 21.6. The van der Waals surface area contributed by atoms with Crippen LogP contribution in [0.1, 0.15) is 57.6 Å². The van der Waals surface area contributed by atoms with E-state index in [1.54, 1.807) is 0 Å². The highest BCUT2D eigenvalue weighted by Crippen LogP contribution is 2.21. The Bertz CT molecular complexity index is 421. The second-order valence-corrected chi connectivity index (χ2v) is 9.03. The van der Waals surface area contributed by atoms with Crippen LogP contribution in [0.5, 0.6) is 0 Å². The molecule has 1 rings (SSSR count). The van der Waals surface area contributed by atoms with Gasteiger partial charge in [0.15, 0.2) is 0 Å². The van der Waals surface area contributed by atoms with Gasteiger partial charge in [-0.15, -0.1) is 11.6 Å². The van der Waals surface area contributed by atoms with Crippen LogP contribution < -0.4 is 0 Å². The van der Waals surface area contributed by atoms with Crippen molar-refractivity contribution < 1.29 is 13.3 Å². The first-order chi connectivity index (χ1) is 11.7. The van der Waals surface area contributed by atoms with Gasteiger partial charge in [0.1, 0.15) is 0 Å². The Labute approximate surface area is 154 Å². The third-order valence-corrected chi connectivity index (χ3v) is 6.88. The fourth-order valence-electron chi connectivity index (χ4n) is 2.49. The molecule has 5 heteroatoms. The minimum atomic E-state index is -2.56. The number of rotatable bonds is 14. The van der Waals surface area contributed by atoms with Crippen molar-refractivity contribution >= 4 is 20.4 Å². The quantitative estimate of drug-likeness (QED) is 0.315. The standard InChI is InChI=1S/C19H33ClO3Si/c1-4-12-21-24(22-13-5-2,23-14-6-3)15-8-11-18-9-7-10-19(16-18)17-20/h7,9-10,16H,4-6,8,11-15,17H2,1-3H3. The lowest BCUT2D eigenvalue weighted by molar-refractivity contribution is 0.0588. The predicted molar refractivity (Wildman–Crippen MR) is 104 cm³/mol.